The van der Waals surface area contributed by atoms with Gasteiger partial charge in [-0.05, 0) is 11.6 Å². The molecule has 8 nitrogen and oxygen atoms in total. The molecule has 0 aromatic carbocycles. The molecule has 21 heavy (non-hydrogen) atoms. The number of anilines is 1. The number of ether oxygens (including phenoxy) is 1. The molecule has 0 fully saturated rings. The van der Waals surface area contributed by atoms with Crippen molar-refractivity contribution in [1.82, 2.24) is 14.8 Å². The Morgan fingerprint density at radius 2 is 2.19 bits per heavy atom. The summed E-state index contributed by atoms with van der Waals surface area (Å²) in [6.45, 7) is 0.826. The van der Waals surface area contributed by atoms with Crippen molar-refractivity contribution >= 4 is 15.7 Å². The predicted molar refractivity (Wildman–Crippen MR) is 75.1 cm³/mol. The van der Waals surface area contributed by atoms with Crippen molar-refractivity contribution in [2.75, 3.05) is 18.4 Å². The topological polar surface area (TPSA) is 106 Å². The fraction of sp³-hybridized carbons (Fsp3) is 0.333. The summed E-state index contributed by atoms with van der Waals surface area (Å²) >= 11 is 0. The SMILES string of the molecule is COCCn1cc(NS(=O)(=O)c2ccc(CO)cn2)cn1. The first-order valence-electron chi connectivity index (χ1n) is 6.15. The highest BCUT2D eigenvalue weighted by molar-refractivity contribution is 7.92. The van der Waals surface area contributed by atoms with Crippen LogP contribution in [0.25, 0.3) is 0 Å². The molecule has 0 aliphatic rings. The van der Waals surface area contributed by atoms with Gasteiger partial charge < -0.3 is 9.84 Å². The smallest absolute Gasteiger partial charge is 0.279 e. The van der Waals surface area contributed by atoms with E-state index in [1.807, 2.05) is 0 Å². The lowest BCUT2D eigenvalue weighted by atomic mass is 10.3. The van der Waals surface area contributed by atoms with Crippen LogP contribution in [0.2, 0.25) is 0 Å². The Labute approximate surface area is 122 Å². The van der Waals surface area contributed by atoms with E-state index in [4.69, 9.17) is 9.84 Å². The Bertz CT molecular complexity index is 682. The predicted octanol–water partition coefficient (Wildman–Crippen LogP) is 0.218. The monoisotopic (exact) mass is 312 g/mol. The van der Waals surface area contributed by atoms with Gasteiger partial charge >= 0.3 is 0 Å². The van der Waals surface area contributed by atoms with Gasteiger partial charge in [0.2, 0.25) is 0 Å². The maximum Gasteiger partial charge on any atom is 0.279 e. The lowest BCUT2D eigenvalue weighted by Crippen LogP contribution is -2.14. The Balaban J connectivity index is 2.10. The van der Waals surface area contributed by atoms with Gasteiger partial charge in [-0.25, -0.2) is 4.98 Å². The zero-order valence-electron chi connectivity index (χ0n) is 11.4. The van der Waals surface area contributed by atoms with E-state index in [1.54, 1.807) is 18.0 Å². The van der Waals surface area contributed by atoms with Crippen molar-refractivity contribution in [1.29, 1.82) is 0 Å². The third kappa shape index (κ3) is 4.00. The zero-order valence-corrected chi connectivity index (χ0v) is 12.2. The van der Waals surface area contributed by atoms with Crippen LogP contribution in [-0.4, -0.2) is 42.0 Å². The van der Waals surface area contributed by atoms with Gasteiger partial charge in [0, 0.05) is 19.5 Å². The quantitative estimate of drug-likeness (QED) is 0.757. The van der Waals surface area contributed by atoms with Crippen molar-refractivity contribution in [2.45, 2.75) is 18.2 Å². The molecule has 0 amide bonds. The normalized spacial score (nSPS) is 11.5. The molecule has 0 saturated carbocycles. The van der Waals surface area contributed by atoms with E-state index in [-0.39, 0.29) is 11.6 Å². The molecule has 9 heteroatoms. The minimum Gasteiger partial charge on any atom is -0.392 e. The van der Waals surface area contributed by atoms with Crippen LogP contribution < -0.4 is 4.72 Å². The third-order valence-electron chi connectivity index (χ3n) is 2.67. The number of hydrogen-bond donors (Lipinski definition) is 2. The van der Waals surface area contributed by atoms with Gasteiger partial charge in [-0.15, -0.1) is 0 Å². The van der Waals surface area contributed by atoms with Crippen LogP contribution in [0.1, 0.15) is 5.56 Å². The Hall–Kier alpha value is -1.97. The van der Waals surface area contributed by atoms with Crippen LogP contribution in [0, 0.1) is 0 Å². The second-order valence-electron chi connectivity index (χ2n) is 4.25. The van der Waals surface area contributed by atoms with Crippen LogP contribution in [0.3, 0.4) is 0 Å². The minimum atomic E-state index is -3.77. The van der Waals surface area contributed by atoms with Gasteiger partial charge in [-0.2, -0.15) is 13.5 Å². The number of nitrogens with zero attached hydrogens (tertiary/aromatic N) is 3. The van der Waals surface area contributed by atoms with Crippen LogP contribution >= 0.6 is 0 Å². The highest BCUT2D eigenvalue weighted by atomic mass is 32.2. The van der Waals surface area contributed by atoms with Gasteiger partial charge in [-0.3, -0.25) is 9.40 Å². The minimum absolute atomic E-state index is 0.121. The molecule has 2 N–H and O–H groups in total. The van der Waals surface area contributed by atoms with E-state index in [0.717, 1.165) is 0 Å². The number of nitrogens with one attached hydrogen (secondary N) is 1. The lowest BCUT2D eigenvalue weighted by molar-refractivity contribution is 0.183. The first-order chi connectivity index (χ1) is 10.0. The summed E-state index contributed by atoms with van der Waals surface area (Å²) in [5.41, 5.74) is 0.889. The summed E-state index contributed by atoms with van der Waals surface area (Å²) in [6, 6.07) is 2.84. The first-order valence-corrected chi connectivity index (χ1v) is 7.63. The van der Waals surface area contributed by atoms with E-state index < -0.39 is 10.0 Å². The molecular formula is C12H16N4O4S. The number of aliphatic hydroxyl groups excluding tert-OH is 1. The number of aliphatic hydroxyl groups is 1. The molecule has 0 radical (unpaired) electrons. The fourth-order valence-electron chi connectivity index (χ4n) is 1.59. The van der Waals surface area contributed by atoms with E-state index in [1.165, 1.54) is 24.5 Å². The molecule has 0 unspecified atom stereocenters. The number of hydrogen-bond acceptors (Lipinski definition) is 6. The van der Waals surface area contributed by atoms with Crippen molar-refractivity contribution in [2.24, 2.45) is 0 Å². The second kappa shape index (κ2) is 6.66. The maximum atomic E-state index is 12.1. The molecule has 2 heterocycles. The van der Waals surface area contributed by atoms with Crippen molar-refractivity contribution in [3.8, 4) is 0 Å². The van der Waals surface area contributed by atoms with Crippen molar-refractivity contribution in [3.63, 3.8) is 0 Å². The molecule has 2 aromatic heterocycles. The van der Waals surface area contributed by atoms with Gasteiger partial charge in [-0.1, -0.05) is 6.07 Å². The molecule has 114 valence electrons. The van der Waals surface area contributed by atoms with Crippen molar-refractivity contribution < 1.29 is 18.3 Å². The molecule has 0 aliphatic carbocycles. The zero-order chi connectivity index (χ0) is 15.3. The average molecular weight is 312 g/mol. The number of sulfonamides is 1. The lowest BCUT2D eigenvalue weighted by Gasteiger charge is -2.05. The Morgan fingerprint density at radius 3 is 2.81 bits per heavy atom. The van der Waals surface area contributed by atoms with Gasteiger partial charge in [0.15, 0.2) is 5.03 Å². The van der Waals surface area contributed by atoms with Crippen molar-refractivity contribution in [3.05, 3.63) is 36.3 Å². The summed E-state index contributed by atoms with van der Waals surface area (Å²) in [7, 11) is -2.19. The first kappa shape index (κ1) is 15.4. The average Bonchev–Trinajstić information content (AvgIpc) is 2.92. The van der Waals surface area contributed by atoms with Gasteiger partial charge in [0.05, 0.1) is 31.6 Å². The Morgan fingerprint density at radius 1 is 1.38 bits per heavy atom. The summed E-state index contributed by atoms with van der Waals surface area (Å²) in [6.07, 6.45) is 4.30. The third-order valence-corrected chi connectivity index (χ3v) is 3.96. The molecular weight excluding hydrogens is 296 g/mol. The largest absolute Gasteiger partial charge is 0.392 e. The second-order valence-corrected chi connectivity index (χ2v) is 5.88. The maximum absolute atomic E-state index is 12.1. The standard InChI is InChI=1S/C12H16N4O4S/c1-20-5-4-16-8-11(7-14-16)15-21(18,19)12-3-2-10(9-17)6-13-12/h2-3,6-8,15,17H,4-5,9H2,1H3. The molecule has 0 bridgehead atoms. The van der Waals surface area contributed by atoms with Gasteiger partial charge in [0.25, 0.3) is 10.0 Å². The van der Waals surface area contributed by atoms with E-state index in [0.29, 0.717) is 24.4 Å². The fourth-order valence-corrected chi connectivity index (χ4v) is 2.55. The van der Waals surface area contributed by atoms with Crippen LogP contribution in [0.4, 0.5) is 5.69 Å². The van der Waals surface area contributed by atoms with Crippen LogP contribution in [0.15, 0.2) is 35.7 Å². The highest BCUT2D eigenvalue weighted by Gasteiger charge is 2.16. The summed E-state index contributed by atoms with van der Waals surface area (Å²) in [5, 5.41) is 12.8. The molecule has 0 saturated heterocycles. The summed E-state index contributed by atoms with van der Waals surface area (Å²) in [4.78, 5) is 3.82. The molecule has 2 aromatic rings. The van der Waals surface area contributed by atoms with E-state index >= 15 is 0 Å². The molecule has 0 aliphatic heterocycles. The van der Waals surface area contributed by atoms with Crippen LogP contribution in [0.5, 0.6) is 0 Å². The van der Waals surface area contributed by atoms with E-state index in [2.05, 4.69) is 14.8 Å². The molecule has 0 atom stereocenters. The summed E-state index contributed by atoms with van der Waals surface area (Å²) in [5.74, 6) is 0. The summed E-state index contributed by atoms with van der Waals surface area (Å²) < 4.78 is 33.1. The Kier molecular flexibility index (Phi) is 4.89. The number of methoxy groups -OCH3 is 1. The van der Waals surface area contributed by atoms with Gasteiger partial charge in [0.1, 0.15) is 0 Å². The highest BCUT2D eigenvalue weighted by Crippen LogP contribution is 2.14. The number of rotatable bonds is 7. The number of aromatic nitrogens is 3. The number of pyridine rings is 1. The van der Waals surface area contributed by atoms with Crippen LogP contribution in [-0.2, 0) is 27.9 Å². The molecule has 0 spiro atoms. The molecule has 2 rings (SSSR count). The van der Waals surface area contributed by atoms with E-state index in [9.17, 15) is 8.42 Å².